The summed E-state index contributed by atoms with van der Waals surface area (Å²) in [4.78, 5) is 7.28. The molecule has 0 radical (unpaired) electrons. The number of piperidine rings is 1. The largest absolute Gasteiger partial charge is 0.330 e. The van der Waals surface area contributed by atoms with Gasteiger partial charge in [-0.05, 0) is 57.8 Å². The van der Waals surface area contributed by atoms with Gasteiger partial charge in [-0.25, -0.2) is 4.98 Å². The summed E-state index contributed by atoms with van der Waals surface area (Å²) in [7, 11) is 0. The van der Waals surface area contributed by atoms with Crippen molar-refractivity contribution in [2.45, 2.75) is 39.0 Å². The maximum absolute atomic E-state index is 5.53. The van der Waals surface area contributed by atoms with Gasteiger partial charge < -0.3 is 10.6 Å². The predicted octanol–water partition coefficient (Wildman–Crippen LogP) is 2.31. The van der Waals surface area contributed by atoms with Crippen LogP contribution in [0.5, 0.6) is 0 Å². The molecule has 1 aromatic heterocycles. The molecule has 0 spiro atoms. The van der Waals surface area contributed by atoms with Crippen LogP contribution in [0.1, 0.15) is 36.9 Å². The van der Waals surface area contributed by atoms with Gasteiger partial charge in [-0.15, -0.1) is 11.3 Å². The predicted molar refractivity (Wildman–Crippen MR) is 78.0 cm³/mol. The van der Waals surface area contributed by atoms with Gasteiger partial charge in [-0.3, -0.25) is 0 Å². The van der Waals surface area contributed by atoms with E-state index in [1.807, 2.05) is 11.3 Å². The highest BCUT2D eigenvalue weighted by atomic mass is 32.1. The number of likely N-dealkylation sites (tertiary alicyclic amines) is 1. The van der Waals surface area contributed by atoms with Gasteiger partial charge in [0.25, 0.3) is 0 Å². The van der Waals surface area contributed by atoms with Crippen LogP contribution < -0.4 is 5.73 Å². The van der Waals surface area contributed by atoms with Crippen LogP contribution in [0.4, 0.5) is 0 Å². The number of rotatable bonds is 6. The van der Waals surface area contributed by atoms with Gasteiger partial charge >= 0.3 is 0 Å². The van der Waals surface area contributed by atoms with Gasteiger partial charge in [0.1, 0.15) is 0 Å². The van der Waals surface area contributed by atoms with Crippen LogP contribution in [0.3, 0.4) is 0 Å². The van der Waals surface area contributed by atoms with Gasteiger partial charge in [0.15, 0.2) is 0 Å². The maximum atomic E-state index is 5.53. The molecular formula is C14H25N3S. The Kier molecular flexibility index (Phi) is 5.60. The zero-order valence-corrected chi connectivity index (χ0v) is 12.2. The highest BCUT2D eigenvalue weighted by Gasteiger charge is 2.19. The fourth-order valence-corrected chi connectivity index (χ4v) is 3.54. The van der Waals surface area contributed by atoms with E-state index in [1.54, 1.807) is 0 Å². The lowest BCUT2D eigenvalue weighted by atomic mass is 9.94. The van der Waals surface area contributed by atoms with E-state index in [2.05, 4.69) is 17.2 Å². The molecule has 1 aromatic rings. The molecule has 1 aliphatic rings. The molecule has 18 heavy (non-hydrogen) atoms. The molecule has 4 heteroatoms. The van der Waals surface area contributed by atoms with Crippen LogP contribution in [0.25, 0.3) is 0 Å². The molecule has 0 aromatic carbocycles. The van der Waals surface area contributed by atoms with Crippen LogP contribution >= 0.6 is 11.3 Å². The van der Waals surface area contributed by atoms with Crippen LogP contribution in [0.15, 0.2) is 5.38 Å². The van der Waals surface area contributed by atoms with Crippen LogP contribution in [0, 0.1) is 5.92 Å². The summed E-state index contributed by atoms with van der Waals surface area (Å²) in [6.45, 7) is 6.76. The number of hydrogen-bond donors (Lipinski definition) is 1. The fourth-order valence-electron chi connectivity index (χ4n) is 2.59. The van der Waals surface area contributed by atoms with Gasteiger partial charge in [0.2, 0.25) is 0 Å². The number of nitrogens with zero attached hydrogens (tertiary/aromatic N) is 2. The molecule has 2 heterocycles. The van der Waals surface area contributed by atoms with E-state index in [0.717, 1.165) is 25.3 Å². The SMILES string of the molecule is CCN1CCC(Cc2nc(CCCN)cs2)CC1. The summed E-state index contributed by atoms with van der Waals surface area (Å²) < 4.78 is 0. The molecule has 102 valence electrons. The molecule has 0 unspecified atom stereocenters. The second-order valence-electron chi connectivity index (χ2n) is 5.21. The van der Waals surface area contributed by atoms with Gasteiger partial charge in [0, 0.05) is 11.8 Å². The lowest BCUT2D eigenvalue weighted by Crippen LogP contribution is -2.34. The molecule has 1 saturated heterocycles. The minimum Gasteiger partial charge on any atom is -0.330 e. The lowest BCUT2D eigenvalue weighted by Gasteiger charge is -2.30. The van der Waals surface area contributed by atoms with Crippen molar-refractivity contribution in [3.8, 4) is 0 Å². The first-order valence-electron chi connectivity index (χ1n) is 7.17. The van der Waals surface area contributed by atoms with E-state index in [9.17, 15) is 0 Å². The van der Waals surface area contributed by atoms with Crippen molar-refractivity contribution >= 4 is 11.3 Å². The third kappa shape index (κ3) is 4.04. The molecule has 2 rings (SSSR count). The number of aromatic nitrogens is 1. The molecule has 1 fully saturated rings. The summed E-state index contributed by atoms with van der Waals surface area (Å²) in [6, 6.07) is 0. The number of aryl methyl sites for hydroxylation is 1. The summed E-state index contributed by atoms with van der Waals surface area (Å²) in [5, 5.41) is 3.54. The van der Waals surface area contributed by atoms with Gasteiger partial charge in [-0.2, -0.15) is 0 Å². The van der Waals surface area contributed by atoms with Crippen molar-refractivity contribution in [3.05, 3.63) is 16.1 Å². The Morgan fingerprint density at radius 2 is 2.22 bits per heavy atom. The van der Waals surface area contributed by atoms with E-state index in [4.69, 9.17) is 10.7 Å². The summed E-state index contributed by atoms with van der Waals surface area (Å²) in [6.07, 6.45) is 5.96. The van der Waals surface area contributed by atoms with Crippen molar-refractivity contribution in [2.24, 2.45) is 11.7 Å². The first kappa shape index (κ1) is 14.0. The third-order valence-corrected chi connectivity index (χ3v) is 4.77. The number of hydrogen-bond acceptors (Lipinski definition) is 4. The summed E-state index contributed by atoms with van der Waals surface area (Å²) in [5.41, 5.74) is 6.77. The van der Waals surface area contributed by atoms with Crippen LogP contribution in [-0.4, -0.2) is 36.1 Å². The fraction of sp³-hybridized carbons (Fsp3) is 0.786. The molecule has 0 amide bonds. The molecule has 0 atom stereocenters. The van der Waals surface area contributed by atoms with E-state index in [0.29, 0.717) is 0 Å². The van der Waals surface area contributed by atoms with Crippen molar-refractivity contribution < 1.29 is 0 Å². The third-order valence-electron chi connectivity index (χ3n) is 3.85. The van der Waals surface area contributed by atoms with Crippen molar-refractivity contribution in [2.75, 3.05) is 26.2 Å². The molecule has 1 aliphatic heterocycles. The normalized spacial score (nSPS) is 18.3. The monoisotopic (exact) mass is 267 g/mol. The number of nitrogens with two attached hydrogens (primary N) is 1. The first-order chi connectivity index (χ1) is 8.81. The highest BCUT2D eigenvalue weighted by Crippen LogP contribution is 2.23. The molecule has 0 aliphatic carbocycles. The Labute approximate surface area is 114 Å². The van der Waals surface area contributed by atoms with Crippen molar-refractivity contribution in [3.63, 3.8) is 0 Å². The minimum absolute atomic E-state index is 0.766. The van der Waals surface area contributed by atoms with Crippen molar-refractivity contribution in [1.29, 1.82) is 0 Å². The Bertz CT molecular complexity index is 343. The quantitative estimate of drug-likeness (QED) is 0.860. The average molecular weight is 267 g/mol. The van der Waals surface area contributed by atoms with Crippen molar-refractivity contribution in [1.82, 2.24) is 9.88 Å². The van der Waals surface area contributed by atoms with E-state index in [-0.39, 0.29) is 0 Å². The first-order valence-corrected chi connectivity index (χ1v) is 8.05. The summed E-state index contributed by atoms with van der Waals surface area (Å²) >= 11 is 1.83. The second-order valence-corrected chi connectivity index (χ2v) is 6.15. The second kappa shape index (κ2) is 7.22. The summed E-state index contributed by atoms with van der Waals surface area (Å²) in [5.74, 6) is 0.848. The molecule has 0 bridgehead atoms. The standard InChI is InChI=1S/C14H25N3S/c1-2-17-8-5-12(6-9-17)10-14-16-13(11-18-14)4-3-7-15/h11-12H,2-10,15H2,1H3. The molecule has 2 N–H and O–H groups in total. The Morgan fingerprint density at radius 1 is 1.44 bits per heavy atom. The van der Waals surface area contributed by atoms with Gasteiger partial charge in [0.05, 0.1) is 10.7 Å². The highest BCUT2D eigenvalue weighted by molar-refractivity contribution is 7.09. The smallest absolute Gasteiger partial charge is 0.0931 e. The zero-order chi connectivity index (χ0) is 12.8. The van der Waals surface area contributed by atoms with E-state index in [1.165, 1.54) is 49.6 Å². The topological polar surface area (TPSA) is 42.2 Å². The molecule has 0 saturated carbocycles. The van der Waals surface area contributed by atoms with Gasteiger partial charge in [-0.1, -0.05) is 6.92 Å². The van der Waals surface area contributed by atoms with Crippen LogP contribution in [-0.2, 0) is 12.8 Å². The van der Waals surface area contributed by atoms with E-state index < -0.39 is 0 Å². The zero-order valence-electron chi connectivity index (χ0n) is 11.4. The minimum atomic E-state index is 0.766. The molecular weight excluding hydrogens is 242 g/mol. The Hall–Kier alpha value is -0.450. The lowest BCUT2D eigenvalue weighted by molar-refractivity contribution is 0.192. The van der Waals surface area contributed by atoms with Crippen LogP contribution in [0.2, 0.25) is 0 Å². The van der Waals surface area contributed by atoms with E-state index >= 15 is 0 Å². The molecule has 3 nitrogen and oxygen atoms in total. The number of thiazole rings is 1. The Balaban J connectivity index is 1.77. The average Bonchev–Trinajstić information content (AvgIpc) is 2.85. The Morgan fingerprint density at radius 3 is 2.89 bits per heavy atom. The maximum Gasteiger partial charge on any atom is 0.0931 e.